The van der Waals surface area contributed by atoms with Gasteiger partial charge < -0.3 is 5.32 Å². The van der Waals surface area contributed by atoms with Crippen LogP contribution in [0.25, 0.3) is 11.4 Å². The SMILES string of the molecule is CC(C)(C)c1ccc(NC(=O)c2ccc(-c3ncccn3)cc2)cc1. The number of hydrogen-bond donors (Lipinski definition) is 1. The van der Waals surface area contributed by atoms with E-state index in [-0.39, 0.29) is 11.3 Å². The molecular weight excluding hydrogens is 310 g/mol. The summed E-state index contributed by atoms with van der Waals surface area (Å²) in [5.74, 6) is 0.510. The second-order valence-electron chi connectivity index (χ2n) is 6.93. The number of aromatic nitrogens is 2. The van der Waals surface area contributed by atoms with Crippen LogP contribution in [0.3, 0.4) is 0 Å². The van der Waals surface area contributed by atoms with Crippen LogP contribution in [0.4, 0.5) is 5.69 Å². The Morgan fingerprint density at radius 2 is 1.48 bits per heavy atom. The van der Waals surface area contributed by atoms with E-state index in [0.717, 1.165) is 11.3 Å². The van der Waals surface area contributed by atoms with Crippen molar-refractivity contribution in [2.45, 2.75) is 26.2 Å². The zero-order chi connectivity index (χ0) is 17.9. The van der Waals surface area contributed by atoms with Gasteiger partial charge in [-0.15, -0.1) is 0 Å². The standard InChI is InChI=1S/C21H21N3O/c1-21(2,3)17-9-11-18(12-10-17)24-20(25)16-7-5-15(6-8-16)19-22-13-4-14-23-19/h4-14H,1-3H3,(H,24,25). The van der Waals surface area contributed by atoms with Gasteiger partial charge in [-0.3, -0.25) is 4.79 Å². The number of hydrogen-bond acceptors (Lipinski definition) is 3. The molecule has 0 bridgehead atoms. The minimum Gasteiger partial charge on any atom is -0.322 e. The van der Waals surface area contributed by atoms with Crippen molar-refractivity contribution in [1.82, 2.24) is 9.97 Å². The van der Waals surface area contributed by atoms with E-state index in [4.69, 9.17) is 0 Å². The predicted octanol–water partition coefficient (Wildman–Crippen LogP) is 4.69. The van der Waals surface area contributed by atoms with Gasteiger partial charge in [0.25, 0.3) is 5.91 Å². The first-order valence-electron chi connectivity index (χ1n) is 8.23. The van der Waals surface area contributed by atoms with Gasteiger partial charge in [0.15, 0.2) is 5.82 Å². The molecule has 2 aromatic carbocycles. The molecule has 0 aliphatic rings. The van der Waals surface area contributed by atoms with E-state index in [1.54, 1.807) is 30.6 Å². The number of nitrogens with one attached hydrogen (secondary N) is 1. The van der Waals surface area contributed by atoms with Crippen molar-refractivity contribution in [2.75, 3.05) is 5.32 Å². The van der Waals surface area contributed by atoms with Crippen LogP contribution in [0.5, 0.6) is 0 Å². The average molecular weight is 331 g/mol. The fourth-order valence-electron chi connectivity index (χ4n) is 2.48. The number of benzene rings is 2. The lowest BCUT2D eigenvalue weighted by atomic mass is 9.87. The number of rotatable bonds is 3. The fourth-order valence-corrected chi connectivity index (χ4v) is 2.48. The van der Waals surface area contributed by atoms with E-state index in [2.05, 4.69) is 36.1 Å². The molecule has 0 atom stereocenters. The van der Waals surface area contributed by atoms with Crippen LogP contribution in [-0.2, 0) is 5.41 Å². The first-order chi connectivity index (χ1) is 11.9. The molecule has 1 heterocycles. The topological polar surface area (TPSA) is 54.9 Å². The van der Waals surface area contributed by atoms with Gasteiger partial charge >= 0.3 is 0 Å². The highest BCUT2D eigenvalue weighted by Crippen LogP contribution is 2.23. The van der Waals surface area contributed by atoms with Gasteiger partial charge in [0.05, 0.1) is 0 Å². The van der Waals surface area contributed by atoms with E-state index >= 15 is 0 Å². The van der Waals surface area contributed by atoms with E-state index in [1.165, 1.54) is 5.56 Å². The molecule has 3 rings (SSSR count). The highest BCUT2D eigenvalue weighted by molar-refractivity contribution is 6.04. The molecule has 126 valence electrons. The monoisotopic (exact) mass is 331 g/mol. The van der Waals surface area contributed by atoms with Gasteiger partial charge in [0.1, 0.15) is 0 Å². The number of carbonyl (C=O) groups is 1. The van der Waals surface area contributed by atoms with Crippen LogP contribution in [0.15, 0.2) is 67.0 Å². The number of amides is 1. The molecule has 0 aliphatic heterocycles. The highest BCUT2D eigenvalue weighted by Gasteiger charge is 2.13. The van der Waals surface area contributed by atoms with Crippen LogP contribution in [0.2, 0.25) is 0 Å². The molecule has 0 saturated carbocycles. The van der Waals surface area contributed by atoms with Gasteiger partial charge in [-0.1, -0.05) is 45.0 Å². The molecule has 0 spiro atoms. The lowest BCUT2D eigenvalue weighted by Crippen LogP contribution is -2.13. The van der Waals surface area contributed by atoms with Crippen LogP contribution >= 0.6 is 0 Å². The first kappa shape index (κ1) is 16.8. The van der Waals surface area contributed by atoms with Gasteiger partial charge in [0.2, 0.25) is 0 Å². The molecule has 3 aromatic rings. The smallest absolute Gasteiger partial charge is 0.255 e. The lowest BCUT2D eigenvalue weighted by molar-refractivity contribution is 0.102. The zero-order valence-corrected chi connectivity index (χ0v) is 14.7. The Hall–Kier alpha value is -3.01. The third-order valence-electron chi connectivity index (χ3n) is 3.98. The lowest BCUT2D eigenvalue weighted by Gasteiger charge is -2.19. The second kappa shape index (κ2) is 6.85. The molecule has 25 heavy (non-hydrogen) atoms. The molecule has 1 aromatic heterocycles. The second-order valence-corrected chi connectivity index (χ2v) is 6.93. The number of nitrogens with zero attached hydrogens (tertiary/aromatic N) is 2. The Kier molecular flexibility index (Phi) is 4.61. The normalized spacial score (nSPS) is 11.2. The molecule has 1 N–H and O–H groups in total. The highest BCUT2D eigenvalue weighted by atomic mass is 16.1. The van der Waals surface area contributed by atoms with Gasteiger partial charge in [-0.2, -0.15) is 0 Å². The Balaban J connectivity index is 1.71. The predicted molar refractivity (Wildman–Crippen MR) is 101 cm³/mol. The average Bonchev–Trinajstić information content (AvgIpc) is 2.62. The quantitative estimate of drug-likeness (QED) is 0.757. The third-order valence-corrected chi connectivity index (χ3v) is 3.98. The summed E-state index contributed by atoms with van der Waals surface area (Å²) in [5.41, 5.74) is 3.59. The molecule has 0 saturated heterocycles. The number of carbonyl (C=O) groups excluding carboxylic acids is 1. The van der Waals surface area contributed by atoms with E-state index in [1.807, 2.05) is 36.4 Å². The summed E-state index contributed by atoms with van der Waals surface area (Å²) in [4.78, 5) is 20.8. The van der Waals surface area contributed by atoms with Crippen molar-refractivity contribution in [3.8, 4) is 11.4 Å². The van der Waals surface area contributed by atoms with Crippen molar-refractivity contribution >= 4 is 11.6 Å². The summed E-state index contributed by atoms with van der Waals surface area (Å²) in [6, 6.07) is 17.0. The van der Waals surface area contributed by atoms with Crippen molar-refractivity contribution in [1.29, 1.82) is 0 Å². The Labute approximate surface area is 148 Å². The zero-order valence-electron chi connectivity index (χ0n) is 14.7. The molecule has 4 heteroatoms. The van der Waals surface area contributed by atoms with Gasteiger partial charge in [-0.25, -0.2) is 9.97 Å². The fraction of sp³-hybridized carbons (Fsp3) is 0.190. The Bertz CT molecular complexity index is 848. The number of anilines is 1. The molecule has 0 aliphatic carbocycles. The van der Waals surface area contributed by atoms with Gasteiger partial charge in [0, 0.05) is 29.2 Å². The van der Waals surface area contributed by atoms with Crippen molar-refractivity contribution in [3.63, 3.8) is 0 Å². The Morgan fingerprint density at radius 1 is 0.880 bits per heavy atom. The first-order valence-corrected chi connectivity index (χ1v) is 8.23. The van der Waals surface area contributed by atoms with Crippen LogP contribution in [0, 0.1) is 0 Å². The maximum Gasteiger partial charge on any atom is 0.255 e. The summed E-state index contributed by atoms with van der Waals surface area (Å²) in [6.07, 6.45) is 3.40. The van der Waals surface area contributed by atoms with E-state index in [9.17, 15) is 4.79 Å². The third kappa shape index (κ3) is 4.10. The van der Waals surface area contributed by atoms with E-state index < -0.39 is 0 Å². The van der Waals surface area contributed by atoms with Gasteiger partial charge in [-0.05, 0) is 41.3 Å². The minimum atomic E-state index is -0.135. The molecule has 0 radical (unpaired) electrons. The minimum absolute atomic E-state index is 0.0951. The molecule has 0 unspecified atom stereocenters. The maximum atomic E-state index is 12.4. The molecular formula is C21H21N3O. The summed E-state index contributed by atoms with van der Waals surface area (Å²) in [5, 5.41) is 2.93. The van der Waals surface area contributed by atoms with Crippen molar-refractivity contribution < 1.29 is 4.79 Å². The largest absolute Gasteiger partial charge is 0.322 e. The summed E-state index contributed by atoms with van der Waals surface area (Å²) >= 11 is 0. The molecule has 4 nitrogen and oxygen atoms in total. The summed E-state index contributed by atoms with van der Waals surface area (Å²) < 4.78 is 0. The van der Waals surface area contributed by atoms with Crippen molar-refractivity contribution in [2.24, 2.45) is 0 Å². The Morgan fingerprint density at radius 3 is 2.04 bits per heavy atom. The van der Waals surface area contributed by atoms with Crippen LogP contribution in [0.1, 0.15) is 36.7 Å². The maximum absolute atomic E-state index is 12.4. The van der Waals surface area contributed by atoms with Crippen LogP contribution in [-0.4, -0.2) is 15.9 Å². The summed E-state index contributed by atoms with van der Waals surface area (Å²) in [6.45, 7) is 6.50. The van der Waals surface area contributed by atoms with Crippen LogP contribution < -0.4 is 5.32 Å². The van der Waals surface area contributed by atoms with E-state index in [0.29, 0.717) is 11.4 Å². The van der Waals surface area contributed by atoms with Crippen molar-refractivity contribution in [3.05, 3.63) is 78.1 Å². The molecule has 1 amide bonds. The molecule has 0 fully saturated rings. The summed E-state index contributed by atoms with van der Waals surface area (Å²) in [7, 11) is 0.